The van der Waals surface area contributed by atoms with E-state index in [1.165, 1.54) is 4.42 Å². The summed E-state index contributed by atoms with van der Waals surface area (Å²) in [5.74, 6) is 0. The Morgan fingerprint density at radius 1 is 1.20 bits per heavy atom. The maximum Gasteiger partial charge on any atom is 0.184 e. The second kappa shape index (κ2) is 4.39. The first-order valence-corrected chi connectivity index (χ1v) is 4.03. The van der Waals surface area contributed by atoms with Crippen molar-refractivity contribution in [2.75, 3.05) is 6.54 Å². The van der Waals surface area contributed by atoms with Crippen LogP contribution in [-0.2, 0) is 17.1 Å². The van der Waals surface area contributed by atoms with Crippen molar-refractivity contribution >= 4 is 35.0 Å². The molecule has 0 atom stereocenters. The fourth-order valence-electron chi connectivity index (χ4n) is 0.873. The molecule has 0 aliphatic carbocycles. The maximum atomic E-state index is 5.78. The van der Waals surface area contributed by atoms with Crippen LogP contribution in [0, 0.1) is 0 Å². The van der Waals surface area contributed by atoms with Crippen molar-refractivity contribution in [3.63, 3.8) is 0 Å². The molecule has 1 saturated heterocycles. The van der Waals surface area contributed by atoms with Gasteiger partial charge >= 0.3 is 0 Å². The molecule has 1 aliphatic rings. The predicted molar refractivity (Wildman–Crippen MR) is 40.8 cm³/mol. The van der Waals surface area contributed by atoms with Gasteiger partial charge in [0.1, 0.15) is 0 Å². The number of hydrogen-bond donors (Lipinski definition) is 0. The van der Waals surface area contributed by atoms with E-state index in [4.69, 9.17) is 35.0 Å². The Kier molecular flexibility index (Phi) is 4.99. The van der Waals surface area contributed by atoms with Gasteiger partial charge in [-0.2, -0.15) is 4.42 Å². The van der Waals surface area contributed by atoms with Crippen LogP contribution in [0.2, 0.25) is 0 Å². The van der Waals surface area contributed by atoms with Gasteiger partial charge in [0.05, 0.1) is 0 Å². The van der Waals surface area contributed by atoms with E-state index in [0.717, 1.165) is 25.8 Å². The Morgan fingerprint density at radius 3 is 2.10 bits per heavy atom. The van der Waals surface area contributed by atoms with Gasteiger partial charge in [-0.15, -0.1) is 0 Å². The molecule has 0 unspecified atom stereocenters. The first kappa shape index (κ1) is 11.3. The van der Waals surface area contributed by atoms with E-state index >= 15 is 0 Å². The molecule has 0 bridgehead atoms. The van der Waals surface area contributed by atoms with Gasteiger partial charge in [0.15, 0.2) is 4.46 Å². The van der Waals surface area contributed by atoms with Gasteiger partial charge < -0.3 is 0 Å². The molecule has 0 saturated carbocycles. The summed E-state index contributed by atoms with van der Waals surface area (Å²) in [6, 6.07) is 0. The van der Waals surface area contributed by atoms with Gasteiger partial charge in [0.2, 0.25) is 0 Å². The normalized spacial score (nSPS) is 25.5. The van der Waals surface area contributed by atoms with E-state index in [2.05, 4.69) is 0 Å². The third kappa shape index (κ3) is 2.77. The minimum Gasteiger partial charge on any atom is -0.186 e. The van der Waals surface area contributed by atoms with Gasteiger partial charge in [0, 0.05) is 23.6 Å². The second-order valence-electron chi connectivity index (χ2n) is 2.21. The molecular formula is C5H8Cl3FeN. The molecule has 0 amide bonds. The molecule has 62 valence electrons. The number of piperidine rings is 1. The number of hydrogen-bond acceptors (Lipinski definition) is 1. The van der Waals surface area contributed by atoms with Crippen LogP contribution in [-0.4, -0.2) is 15.4 Å². The summed E-state index contributed by atoms with van der Waals surface area (Å²) < 4.78 is 0.638. The first-order chi connectivity index (χ1) is 4.13. The van der Waals surface area contributed by atoms with Gasteiger partial charge in [0.25, 0.3) is 0 Å². The zero-order valence-electron chi connectivity index (χ0n) is 5.26. The molecule has 0 aromatic heterocycles. The quantitative estimate of drug-likeness (QED) is 0.274. The molecule has 1 rings (SSSR count). The molecule has 0 spiro atoms. The summed E-state index contributed by atoms with van der Waals surface area (Å²) >= 11 is 17.2. The molecular weight excluding hydrogens is 236 g/mol. The Morgan fingerprint density at radius 2 is 1.80 bits per heavy atom. The molecule has 1 nitrogen and oxygen atoms in total. The predicted octanol–water partition coefficient (Wildman–Crippen LogP) is 2.76. The third-order valence-corrected chi connectivity index (χ3v) is 2.85. The second-order valence-corrected chi connectivity index (χ2v) is 4.06. The van der Waals surface area contributed by atoms with Crippen molar-refractivity contribution in [2.24, 2.45) is 0 Å². The topological polar surface area (TPSA) is 3.24 Å². The van der Waals surface area contributed by atoms with Crippen molar-refractivity contribution in [1.29, 1.82) is 0 Å². The summed E-state index contributed by atoms with van der Waals surface area (Å²) in [5.41, 5.74) is 0. The number of nitrogens with zero attached hydrogens (tertiary/aromatic N) is 1. The van der Waals surface area contributed by atoms with Gasteiger partial charge in [-0.25, -0.2) is 0 Å². The molecule has 1 heterocycles. The SMILES string of the molecule is ClN1CCCCC1(Cl)Cl.[Fe]. The summed E-state index contributed by atoms with van der Waals surface area (Å²) in [6.07, 6.45) is 2.92. The smallest absolute Gasteiger partial charge is 0.184 e. The molecule has 5 heteroatoms. The minimum absolute atomic E-state index is 0. The summed E-state index contributed by atoms with van der Waals surface area (Å²) in [5, 5.41) is 0. The Bertz CT molecular complexity index is 109. The molecule has 1 aliphatic heterocycles. The van der Waals surface area contributed by atoms with E-state index in [1.54, 1.807) is 0 Å². The number of halogens is 3. The van der Waals surface area contributed by atoms with E-state index < -0.39 is 4.46 Å². The molecule has 1 fully saturated rings. The Hall–Kier alpha value is 1.35. The Balaban J connectivity index is 0.000000810. The van der Waals surface area contributed by atoms with E-state index in [0.29, 0.717) is 0 Å². The molecule has 0 aromatic rings. The maximum absolute atomic E-state index is 5.78. The van der Waals surface area contributed by atoms with Gasteiger partial charge in [-0.1, -0.05) is 23.2 Å². The van der Waals surface area contributed by atoms with Crippen LogP contribution in [0.5, 0.6) is 0 Å². The molecule has 0 N–H and O–H groups in total. The molecule has 0 radical (unpaired) electrons. The standard InChI is InChI=1S/C5H8Cl3N.Fe/c6-5(7)3-1-2-4-9(5)8;/h1-4H2;. The van der Waals surface area contributed by atoms with Gasteiger partial charge in [-0.3, -0.25) is 0 Å². The average Bonchev–Trinajstić information content (AvgIpc) is 1.77. The fourth-order valence-corrected chi connectivity index (χ4v) is 1.51. The van der Waals surface area contributed by atoms with Gasteiger partial charge in [-0.05, 0) is 31.0 Å². The van der Waals surface area contributed by atoms with Crippen LogP contribution >= 0.6 is 35.0 Å². The largest absolute Gasteiger partial charge is 0.186 e. The van der Waals surface area contributed by atoms with Crippen LogP contribution < -0.4 is 0 Å². The van der Waals surface area contributed by atoms with Crippen molar-refractivity contribution in [3.8, 4) is 0 Å². The Labute approximate surface area is 86.6 Å². The monoisotopic (exact) mass is 243 g/mol. The first-order valence-electron chi connectivity index (χ1n) is 2.94. The summed E-state index contributed by atoms with van der Waals surface area (Å²) in [7, 11) is 0. The third-order valence-electron chi connectivity index (χ3n) is 1.44. The zero-order chi connectivity index (χ0) is 6.91. The van der Waals surface area contributed by atoms with Crippen LogP contribution in [0.25, 0.3) is 0 Å². The van der Waals surface area contributed by atoms with Crippen LogP contribution in [0.3, 0.4) is 0 Å². The average molecular weight is 244 g/mol. The van der Waals surface area contributed by atoms with Crippen LogP contribution in [0.4, 0.5) is 0 Å². The van der Waals surface area contributed by atoms with Crippen molar-refractivity contribution < 1.29 is 17.1 Å². The van der Waals surface area contributed by atoms with E-state index in [-0.39, 0.29) is 17.1 Å². The van der Waals surface area contributed by atoms with Crippen molar-refractivity contribution in [2.45, 2.75) is 23.7 Å². The summed E-state index contributed by atoms with van der Waals surface area (Å²) in [6.45, 7) is 0.786. The van der Waals surface area contributed by atoms with Crippen molar-refractivity contribution in [1.82, 2.24) is 4.42 Å². The molecule has 0 aromatic carbocycles. The number of alkyl halides is 2. The van der Waals surface area contributed by atoms with E-state index in [1.807, 2.05) is 0 Å². The van der Waals surface area contributed by atoms with Crippen molar-refractivity contribution in [3.05, 3.63) is 0 Å². The van der Waals surface area contributed by atoms with E-state index in [9.17, 15) is 0 Å². The van der Waals surface area contributed by atoms with Crippen LogP contribution in [0.1, 0.15) is 19.3 Å². The molecule has 10 heavy (non-hydrogen) atoms. The minimum atomic E-state index is -0.820. The fraction of sp³-hybridized carbons (Fsp3) is 1.00. The van der Waals surface area contributed by atoms with Crippen LogP contribution in [0.15, 0.2) is 0 Å². The zero-order valence-corrected chi connectivity index (χ0v) is 8.64. The summed E-state index contributed by atoms with van der Waals surface area (Å²) in [4.78, 5) is 0. The number of rotatable bonds is 0.